The van der Waals surface area contributed by atoms with E-state index in [1.54, 1.807) is 24.3 Å². The number of esters is 1. The van der Waals surface area contributed by atoms with E-state index in [-0.39, 0.29) is 28.7 Å². The van der Waals surface area contributed by atoms with Crippen LogP contribution in [0.15, 0.2) is 75.8 Å². The van der Waals surface area contributed by atoms with E-state index in [0.29, 0.717) is 10.6 Å². The summed E-state index contributed by atoms with van der Waals surface area (Å²) in [4.78, 5) is 16.2. The van der Waals surface area contributed by atoms with Crippen LogP contribution in [0.2, 0.25) is 5.02 Å². The minimum absolute atomic E-state index is 0.0138. The van der Waals surface area contributed by atoms with Gasteiger partial charge in [-0.05, 0) is 48.5 Å². The van der Waals surface area contributed by atoms with Crippen LogP contribution in [0.5, 0.6) is 0 Å². The van der Waals surface area contributed by atoms with Crippen LogP contribution >= 0.6 is 11.6 Å². The quantitative estimate of drug-likeness (QED) is 0.390. The maximum atomic E-state index is 12.9. The SMILES string of the molecule is O=C1OC(c2ccc(Cl)cc2)=NC1=Cc1ccc(-c2cccc(C(F)(F)F)c2)o1. The lowest BCUT2D eigenvalue weighted by Gasteiger charge is -2.07. The number of nitrogens with zero attached hydrogens (tertiary/aromatic N) is 1. The van der Waals surface area contributed by atoms with Gasteiger partial charge in [-0.2, -0.15) is 13.2 Å². The van der Waals surface area contributed by atoms with Gasteiger partial charge in [-0.1, -0.05) is 23.7 Å². The highest BCUT2D eigenvalue weighted by Gasteiger charge is 2.30. The van der Waals surface area contributed by atoms with Crippen molar-refractivity contribution in [1.29, 1.82) is 0 Å². The number of hydrogen-bond donors (Lipinski definition) is 0. The second-order valence-corrected chi connectivity index (χ2v) is 6.56. The molecule has 1 aliphatic heterocycles. The lowest BCUT2D eigenvalue weighted by Crippen LogP contribution is -2.05. The number of benzene rings is 2. The fourth-order valence-corrected chi connectivity index (χ4v) is 2.82. The van der Waals surface area contributed by atoms with Gasteiger partial charge in [0.2, 0.25) is 5.90 Å². The Balaban J connectivity index is 1.61. The van der Waals surface area contributed by atoms with Gasteiger partial charge in [0, 0.05) is 22.2 Å². The summed E-state index contributed by atoms with van der Waals surface area (Å²) < 4.78 is 49.4. The molecule has 1 aliphatic rings. The van der Waals surface area contributed by atoms with Crippen LogP contribution in [0.25, 0.3) is 17.4 Å². The third kappa shape index (κ3) is 4.09. The largest absolute Gasteiger partial charge is 0.457 e. The van der Waals surface area contributed by atoms with Gasteiger partial charge in [0.25, 0.3) is 0 Å². The average Bonchev–Trinajstić information content (AvgIpc) is 3.29. The molecule has 2 aromatic carbocycles. The summed E-state index contributed by atoms with van der Waals surface area (Å²) >= 11 is 5.84. The Kier molecular flexibility index (Phi) is 4.76. The molecule has 2 heterocycles. The molecular formula is C21H11ClF3NO3. The molecule has 0 saturated heterocycles. The number of alkyl halides is 3. The molecule has 0 unspecified atom stereocenters. The highest BCUT2D eigenvalue weighted by Crippen LogP contribution is 2.33. The van der Waals surface area contributed by atoms with Gasteiger partial charge in [0.1, 0.15) is 11.5 Å². The standard InChI is InChI=1S/C21H11ClF3NO3/c22-15-6-4-12(5-7-15)19-26-17(20(27)29-19)11-16-8-9-18(28-16)13-2-1-3-14(10-13)21(23,24)25/h1-11H. The summed E-state index contributed by atoms with van der Waals surface area (Å²) in [5, 5.41) is 0.534. The van der Waals surface area contributed by atoms with E-state index in [4.69, 9.17) is 20.8 Å². The molecule has 0 aliphatic carbocycles. The number of carbonyl (C=O) groups is 1. The molecule has 0 spiro atoms. The fourth-order valence-electron chi connectivity index (χ4n) is 2.69. The molecule has 4 rings (SSSR count). The van der Waals surface area contributed by atoms with Crippen LogP contribution in [-0.4, -0.2) is 11.9 Å². The molecule has 0 fully saturated rings. The Labute approximate surface area is 167 Å². The third-order valence-electron chi connectivity index (χ3n) is 4.09. The molecule has 29 heavy (non-hydrogen) atoms. The van der Waals surface area contributed by atoms with E-state index >= 15 is 0 Å². The van der Waals surface area contributed by atoms with Gasteiger partial charge in [-0.15, -0.1) is 0 Å². The maximum Gasteiger partial charge on any atom is 0.416 e. The highest BCUT2D eigenvalue weighted by molar-refractivity contribution is 6.30. The first kappa shape index (κ1) is 19.0. The van der Waals surface area contributed by atoms with Crippen molar-refractivity contribution in [3.05, 3.63) is 88.3 Å². The monoisotopic (exact) mass is 417 g/mol. The molecular weight excluding hydrogens is 407 g/mol. The van der Waals surface area contributed by atoms with Gasteiger partial charge < -0.3 is 9.15 Å². The minimum atomic E-state index is -4.45. The zero-order valence-corrected chi connectivity index (χ0v) is 15.3. The molecule has 3 aromatic rings. The number of aliphatic imine (C=N–C) groups is 1. The Morgan fingerprint density at radius 2 is 1.72 bits per heavy atom. The second-order valence-electron chi connectivity index (χ2n) is 6.12. The van der Waals surface area contributed by atoms with Crippen LogP contribution in [0.3, 0.4) is 0 Å². The number of cyclic esters (lactones) is 1. The summed E-state index contributed by atoms with van der Waals surface area (Å²) in [7, 11) is 0. The van der Waals surface area contributed by atoms with Crippen molar-refractivity contribution in [3.63, 3.8) is 0 Å². The third-order valence-corrected chi connectivity index (χ3v) is 4.34. The molecule has 1 aromatic heterocycles. The normalized spacial score (nSPS) is 15.5. The van der Waals surface area contributed by atoms with Crippen LogP contribution < -0.4 is 0 Å². The van der Waals surface area contributed by atoms with Crippen LogP contribution in [0.1, 0.15) is 16.9 Å². The summed E-state index contributed by atoms with van der Waals surface area (Å²) in [5.41, 5.74) is 0.0850. The predicted octanol–water partition coefficient (Wildman–Crippen LogP) is 5.96. The fraction of sp³-hybridized carbons (Fsp3) is 0.0476. The molecule has 0 N–H and O–H groups in total. The van der Waals surface area contributed by atoms with E-state index in [1.807, 2.05) is 0 Å². The first-order valence-electron chi connectivity index (χ1n) is 8.35. The zero-order valence-electron chi connectivity index (χ0n) is 14.5. The Morgan fingerprint density at radius 3 is 2.45 bits per heavy atom. The van der Waals surface area contributed by atoms with E-state index in [0.717, 1.165) is 12.1 Å². The number of rotatable bonds is 3. The molecule has 0 bridgehead atoms. The average molecular weight is 418 g/mol. The molecule has 4 nitrogen and oxygen atoms in total. The van der Waals surface area contributed by atoms with E-state index < -0.39 is 17.7 Å². The molecule has 146 valence electrons. The van der Waals surface area contributed by atoms with Crippen molar-refractivity contribution in [2.45, 2.75) is 6.18 Å². The van der Waals surface area contributed by atoms with Crippen molar-refractivity contribution in [3.8, 4) is 11.3 Å². The predicted molar refractivity (Wildman–Crippen MR) is 101 cm³/mol. The minimum Gasteiger partial charge on any atom is -0.457 e. The number of hydrogen-bond acceptors (Lipinski definition) is 4. The molecule has 0 amide bonds. The summed E-state index contributed by atoms with van der Waals surface area (Å²) in [6.45, 7) is 0. The Morgan fingerprint density at radius 1 is 0.966 bits per heavy atom. The molecule has 8 heteroatoms. The first-order chi connectivity index (χ1) is 13.8. The maximum absolute atomic E-state index is 12.9. The lowest BCUT2D eigenvalue weighted by atomic mass is 10.1. The Hall–Kier alpha value is -3.32. The second kappa shape index (κ2) is 7.25. The summed E-state index contributed by atoms with van der Waals surface area (Å²) in [6, 6.07) is 14.4. The van der Waals surface area contributed by atoms with Gasteiger partial charge in [-0.25, -0.2) is 9.79 Å². The summed E-state index contributed by atoms with van der Waals surface area (Å²) in [6.07, 6.45) is -3.09. The van der Waals surface area contributed by atoms with Crippen LogP contribution in [-0.2, 0) is 15.7 Å². The number of halogens is 4. The van der Waals surface area contributed by atoms with Gasteiger partial charge in [0.05, 0.1) is 5.56 Å². The van der Waals surface area contributed by atoms with Gasteiger partial charge >= 0.3 is 12.1 Å². The topological polar surface area (TPSA) is 51.8 Å². The molecule has 0 atom stereocenters. The first-order valence-corrected chi connectivity index (χ1v) is 8.73. The number of carbonyl (C=O) groups excluding carboxylic acids is 1. The van der Waals surface area contributed by atoms with Gasteiger partial charge in [0.15, 0.2) is 5.70 Å². The van der Waals surface area contributed by atoms with E-state index in [9.17, 15) is 18.0 Å². The highest BCUT2D eigenvalue weighted by atomic mass is 35.5. The molecule has 0 radical (unpaired) electrons. The smallest absolute Gasteiger partial charge is 0.416 e. The van der Waals surface area contributed by atoms with E-state index in [2.05, 4.69) is 4.99 Å². The van der Waals surface area contributed by atoms with Crippen molar-refractivity contribution >= 4 is 29.5 Å². The van der Waals surface area contributed by atoms with Crippen molar-refractivity contribution in [2.24, 2.45) is 4.99 Å². The number of ether oxygens (including phenoxy) is 1. The van der Waals surface area contributed by atoms with Crippen molar-refractivity contribution in [2.75, 3.05) is 0 Å². The van der Waals surface area contributed by atoms with E-state index in [1.165, 1.54) is 30.3 Å². The lowest BCUT2D eigenvalue weighted by molar-refractivity contribution is -0.137. The summed E-state index contributed by atoms with van der Waals surface area (Å²) in [5.74, 6) is -0.0452. The number of furan rings is 1. The van der Waals surface area contributed by atoms with Crippen LogP contribution in [0.4, 0.5) is 13.2 Å². The Bertz CT molecular complexity index is 1140. The molecule has 0 saturated carbocycles. The van der Waals surface area contributed by atoms with Crippen molar-refractivity contribution < 1.29 is 27.1 Å². The van der Waals surface area contributed by atoms with Crippen LogP contribution in [0, 0.1) is 0 Å². The van der Waals surface area contributed by atoms with Crippen molar-refractivity contribution in [1.82, 2.24) is 0 Å². The zero-order chi connectivity index (χ0) is 20.6. The van der Waals surface area contributed by atoms with Gasteiger partial charge in [-0.3, -0.25) is 0 Å².